The van der Waals surface area contributed by atoms with Crippen LogP contribution >= 0.6 is 23.5 Å². The third-order valence-electron chi connectivity index (χ3n) is 4.83. The number of hydrogen-bond acceptors (Lipinski definition) is 4. The highest BCUT2D eigenvalue weighted by Gasteiger charge is 2.23. The molecule has 3 rings (SSSR count). The third-order valence-corrected chi connectivity index (χ3v) is 6.69. The second kappa shape index (κ2) is 9.02. The molecule has 0 atom stereocenters. The van der Waals surface area contributed by atoms with Crippen LogP contribution in [0.3, 0.4) is 0 Å². The van der Waals surface area contributed by atoms with E-state index in [1.165, 1.54) is 45.4 Å². The van der Waals surface area contributed by atoms with Crippen molar-refractivity contribution in [2.75, 3.05) is 37.3 Å². The second-order valence-corrected chi connectivity index (χ2v) is 8.25. The minimum Gasteiger partial charge on any atom is -0.340 e. The predicted octanol–water partition coefficient (Wildman–Crippen LogP) is 6.13. The van der Waals surface area contributed by atoms with Gasteiger partial charge < -0.3 is 9.80 Å². The normalized spacial score (nSPS) is 13.0. The lowest BCUT2D eigenvalue weighted by atomic mass is 10.2. The highest BCUT2D eigenvalue weighted by molar-refractivity contribution is 8.00. The zero-order valence-corrected chi connectivity index (χ0v) is 17.1. The maximum absolute atomic E-state index is 2.53. The van der Waals surface area contributed by atoms with Crippen molar-refractivity contribution in [2.24, 2.45) is 0 Å². The molecule has 0 radical (unpaired) electrons. The minimum absolute atomic E-state index is 1.09. The molecule has 25 heavy (non-hydrogen) atoms. The summed E-state index contributed by atoms with van der Waals surface area (Å²) >= 11 is 3.72. The SMILES string of the molecule is CCN(CC)CCCCN1c2ccccc2Sc2ccc(SC)cc21. The minimum atomic E-state index is 1.09. The van der Waals surface area contributed by atoms with E-state index in [2.05, 4.69) is 72.4 Å². The molecule has 0 aliphatic carbocycles. The molecule has 2 nitrogen and oxygen atoms in total. The molecule has 1 heterocycles. The Hall–Kier alpha value is -1.10. The Morgan fingerprint density at radius 1 is 0.960 bits per heavy atom. The van der Waals surface area contributed by atoms with Crippen LogP contribution in [0.4, 0.5) is 11.4 Å². The van der Waals surface area contributed by atoms with Gasteiger partial charge in [-0.05, 0) is 69.1 Å². The van der Waals surface area contributed by atoms with Crippen LogP contribution in [0.25, 0.3) is 0 Å². The van der Waals surface area contributed by atoms with E-state index >= 15 is 0 Å². The van der Waals surface area contributed by atoms with Crippen molar-refractivity contribution < 1.29 is 0 Å². The van der Waals surface area contributed by atoms with Crippen LogP contribution in [-0.4, -0.2) is 37.3 Å². The lowest BCUT2D eigenvalue weighted by Crippen LogP contribution is -2.26. The Bertz CT molecular complexity index is 698. The van der Waals surface area contributed by atoms with E-state index in [0.29, 0.717) is 0 Å². The van der Waals surface area contributed by atoms with Gasteiger partial charge in [-0.25, -0.2) is 0 Å². The van der Waals surface area contributed by atoms with Crippen LogP contribution in [0.5, 0.6) is 0 Å². The van der Waals surface area contributed by atoms with Crippen LogP contribution in [-0.2, 0) is 0 Å². The number of rotatable bonds is 8. The van der Waals surface area contributed by atoms with Crippen molar-refractivity contribution in [1.29, 1.82) is 0 Å². The molecule has 0 bridgehead atoms. The van der Waals surface area contributed by atoms with Gasteiger partial charge in [0.15, 0.2) is 0 Å². The van der Waals surface area contributed by atoms with Crippen molar-refractivity contribution in [3.8, 4) is 0 Å². The molecule has 0 amide bonds. The first-order chi connectivity index (χ1) is 12.3. The molecule has 0 fully saturated rings. The van der Waals surface area contributed by atoms with Gasteiger partial charge in [0.05, 0.1) is 11.4 Å². The Balaban J connectivity index is 1.77. The van der Waals surface area contributed by atoms with Gasteiger partial charge in [0.25, 0.3) is 0 Å². The molecule has 134 valence electrons. The van der Waals surface area contributed by atoms with Gasteiger partial charge in [0, 0.05) is 21.2 Å². The van der Waals surface area contributed by atoms with E-state index < -0.39 is 0 Å². The second-order valence-electron chi connectivity index (χ2n) is 6.29. The summed E-state index contributed by atoms with van der Waals surface area (Å²) in [7, 11) is 0. The fourth-order valence-electron chi connectivity index (χ4n) is 3.32. The monoisotopic (exact) mass is 372 g/mol. The number of fused-ring (bicyclic) bond motifs is 2. The maximum Gasteiger partial charge on any atom is 0.0564 e. The molecule has 1 aliphatic heterocycles. The lowest BCUT2D eigenvalue weighted by Gasteiger charge is -2.33. The van der Waals surface area contributed by atoms with Gasteiger partial charge >= 0.3 is 0 Å². The number of benzene rings is 2. The molecular weight excluding hydrogens is 344 g/mol. The smallest absolute Gasteiger partial charge is 0.0564 e. The highest BCUT2D eigenvalue weighted by atomic mass is 32.2. The quantitative estimate of drug-likeness (QED) is 0.406. The molecule has 2 aromatic rings. The van der Waals surface area contributed by atoms with Gasteiger partial charge in [0.1, 0.15) is 0 Å². The summed E-state index contributed by atoms with van der Waals surface area (Å²) in [6.07, 6.45) is 4.63. The zero-order valence-electron chi connectivity index (χ0n) is 15.5. The van der Waals surface area contributed by atoms with Crippen LogP contribution in [0.2, 0.25) is 0 Å². The van der Waals surface area contributed by atoms with Crippen molar-refractivity contribution in [2.45, 2.75) is 41.4 Å². The summed E-state index contributed by atoms with van der Waals surface area (Å²) in [6, 6.07) is 15.7. The van der Waals surface area contributed by atoms with Crippen molar-refractivity contribution in [1.82, 2.24) is 4.90 Å². The van der Waals surface area contributed by atoms with E-state index in [9.17, 15) is 0 Å². The maximum atomic E-state index is 2.53. The van der Waals surface area contributed by atoms with Gasteiger partial charge in [-0.15, -0.1) is 11.8 Å². The largest absolute Gasteiger partial charge is 0.340 e. The highest BCUT2D eigenvalue weighted by Crippen LogP contribution is 2.48. The number of unbranched alkanes of at least 4 members (excludes halogenated alkanes) is 1. The van der Waals surface area contributed by atoms with Crippen LogP contribution < -0.4 is 4.90 Å². The van der Waals surface area contributed by atoms with E-state index in [-0.39, 0.29) is 0 Å². The summed E-state index contributed by atoms with van der Waals surface area (Å²) < 4.78 is 0. The molecule has 0 saturated carbocycles. The molecule has 2 aromatic carbocycles. The summed E-state index contributed by atoms with van der Waals surface area (Å²) in [4.78, 5) is 9.13. The standard InChI is InChI=1S/C21H28N2S2/c1-4-22(5-2)14-8-9-15-23-18-10-6-7-11-20(18)25-21-13-12-17(24-3)16-19(21)23/h6-7,10-13,16H,4-5,8-9,14-15H2,1-3H3. The van der Waals surface area contributed by atoms with E-state index in [4.69, 9.17) is 0 Å². The van der Waals surface area contributed by atoms with Crippen LogP contribution in [0.15, 0.2) is 57.2 Å². The fourth-order valence-corrected chi connectivity index (χ4v) is 4.83. The van der Waals surface area contributed by atoms with Gasteiger partial charge in [0.2, 0.25) is 0 Å². The Kier molecular flexibility index (Phi) is 6.74. The Morgan fingerprint density at radius 2 is 1.72 bits per heavy atom. The van der Waals surface area contributed by atoms with E-state index in [1.54, 1.807) is 0 Å². The first-order valence-electron chi connectivity index (χ1n) is 9.21. The molecule has 4 heteroatoms. The summed E-state index contributed by atoms with van der Waals surface area (Å²) in [5, 5.41) is 0. The van der Waals surface area contributed by atoms with E-state index in [0.717, 1.165) is 19.6 Å². The van der Waals surface area contributed by atoms with Crippen molar-refractivity contribution in [3.05, 3.63) is 42.5 Å². The third kappa shape index (κ3) is 4.36. The number of thioether (sulfide) groups is 1. The average molecular weight is 373 g/mol. The molecule has 0 unspecified atom stereocenters. The molecule has 0 aromatic heterocycles. The number of hydrogen-bond donors (Lipinski definition) is 0. The van der Waals surface area contributed by atoms with Gasteiger partial charge in [-0.1, -0.05) is 37.7 Å². The van der Waals surface area contributed by atoms with Crippen molar-refractivity contribution in [3.63, 3.8) is 0 Å². The fraction of sp³-hybridized carbons (Fsp3) is 0.429. The summed E-state index contributed by atoms with van der Waals surface area (Å²) in [6.45, 7) is 9.10. The van der Waals surface area contributed by atoms with Gasteiger partial charge in [-0.3, -0.25) is 0 Å². The Labute approximate surface area is 161 Å². The summed E-state index contributed by atoms with van der Waals surface area (Å²) in [5.41, 5.74) is 2.74. The van der Waals surface area contributed by atoms with Crippen molar-refractivity contribution >= 4 is 34.9 Å². The molecule has 0 spiro atoms. The first-order valence-corrected chi connectivity index (χ1v) is 11.3. The van der Waals surface area contributed by atoms with Crippen LogP contribution in [0, 0.1) is 0 Å². The molecule has 1 aliphatic rings. The predicted molar refractivity (Wildman–Crippen MR) is 113 cm³/mol. The van der Waals surface area contributed by atoms with Crippen LogP contribution in [0.1, 0.15) is 26.7 Å². The average Bonchev–Trinajstić information content (AvgIpc) is 2.67. The summed E-state index contributed by atoms with van der Waals surface area (Å²) in [5.74, 6) is 0. The molecule has 0 N–H and O–H groups in total. The number of nitrogens with zero attached hydrogens (tertiary/aromatic N) is 2. The first kappa shape index (κ1) is 18.7. The lowest BCUT2D eigenvalue weighted by molar-refractivity contribution is 0.297. The number of para-hydroxylation sites is 1. The molecule has 0 saturated heterocycles. The Morgan fingerprint density at radius 3 is 2.48 bits per heavy atom. The topological polar surface area (TPSA) is 6.48 Å². The van der Waals surface area contributed by atoms with E-state index in [1.807, 2.05) is 23.5 Å². The molecular formula is C21H28N2S2. The van der Waals surface area contributed by atoms with Gasteiger partial charge in [-0.2, -0.15) is 0 Å². The zero-order chi connectivity index (χ0) is 17.6. The number of anilines is 2.